The van der Waals surface area contributed by atoms with Gasteiger partial charge >= 0.3 is 6.03 Å². The molecule has 26 heavy (non-hydrogen) atoms. The maximum atomic E-state index is 11.9. The maximum Gasteiger partial charge on any atom is 0.319 e. The molecule has 0 radical (unpaired) electrons. The molecule has 0 bridgehead atoms. The van der Waals surface area contributed by atoms with Gasteiger partial charge < -0.3 is 21.7 Å². The first-order valence-electron chi connectivity index (χ1n) is 7.50. The van der Waals surface area contributed by atoms with Gasteiger partial charge in [-0.2, -0.15) is 0 Å². The molecule has 0 spiro atoms. The summed E-state index contributed by atoms with van der Waals surface area (Å²) in [6.45, 7) is 0.0155. The van der Waals surface area contributed by atoms with Crippen LogP contribution in [-0.2, 0) is 11.3 Å². The van der Waals surface area contributed by atoms with Gasteiger partial charge in [-0.25, -0.2) is 4.79 Å². The van der Waals surface area contributed by atoms with Crippen molar-refractivity contribution in [3.8, 4) is 0 Å². The van der Waals surface area contributed by atoms with Gasteiger partial charge in [0.2, 0.25) is 5.91 Å². The van der Waals surface area contributed by atoms with Crippen molar-refractivity contribution in [2.75, 3.05) is 11.9 Å². The predicted octanol–water partition coefficient (Wildman–Crippen LogP) is 2.53. The number of primary amides is 1. The van der Waals surface area contributed by atoms with Crippen molar-refractivity contribution >= 4 is 46.7 Å². The van der Waals surface area contributed by atoms with Gasteiger partial charge in [-0.3, -0.25) is 9.59 Å². The molecule has 0 atom stereocenters. The first-order chi connectivity index (χ1) is 12.3. The van der Waals surface area contributed by atoms with Crippen LogP contribution >= 0.6 is 23.2 Å². The largest absolute Gasteiger partial charge is 0.368 e. The fourth-order valence-electron chi connectivity index (χ4n) is 1.99. The smallest absolute Gasteiger partial charge is 0.319 e. The maximum absolute atomic E-state index is 11.9. The summed E-state index contributed by atoms with van der Waals surface area (Å²) in [5, 5.41) is 8.49. The quantitative estimate of drug-likeness (QED) is 0.603. The molecule has 5 N–H and O–H groups in total. The van der Waals surface area contributed by atoms with Gasteiger partial charge in [-0.1, -0.05) is 35.3 Å². The lowest BCUT2D eigenvalue weighted by Crippen LogP contribution is -2.33. The van der Waals surface area contributed by atoms with Crippen molar-refractivity contribution in [2.24, 2.45) is 5.73 Å². The van der Waals surface area contributed by atoms with Crippen LogP contribution in [0.25, 0.3) is 0 Å². The van der Waals surface area contributed by atoms with E-state index in [0.717, 1.165) is 5.56 Å². The first kappa shape index (κ1) is 19.6. The fourth-order valence-corrected chi connectivity index (χ4v) is 2.32. The minimum Gasteiger partial charge on any atom is -0.368 e. The van der Waals surface area contributed by atoms with Crippen LogP contribution in [0.5, 0.6) is 0 Å². The number of carbonyl (C=O) groups excluding carboxylic acids is 3. The third-order valence-corrected chi connectivity index (χ3v) is 3.83. The number of nitrogens with two attached hydrogens (primary N) is 1. The molecule has 0 fully saturated rings. The molecular weight excluding hydrogens is 379 g/mol. The van der Waals surface area contributed by atoms with Gasteiger partial charge in [0.05, 0.1) is 17.3 Å². The van der Waals surface area contributed by atoms with Gasteiger partial charge in [0, 0.05) is 17.1 Å². The Morgan fingerprint density at radius 3 is 2.31 bits per heavy atom. The van der Waals surface area contributed by atoms with Crippen molar-refractivity contribution in [3.63, 3.8) is 0 Å². The Balaban J connectivity index is 1.87. The van der Waals surface area contributed by atoms with E-state index in [1.807, 2.05) is 0 Å². The average Bonchev–Trinajstić information content (AvgIpc) is 2.61. The molecule has 0 aliphatic carbocycles. The predicted molar refractivity (Wildman–Crippen MR) is 100 cm³/mol. The lowest BCUT2D eigenvalue weighted by molar-refractivity contribution is -0.117. The normalized spacial score (nSPS) is 10.1. The van der Waals surface area contributed by atoms with E-state index in [9.17, 15) is 14.4 Å². The van der Waals surface area contributed by atoms with E-state index in [4.69, 9.17) is 28.9 Å². The molecule has 0 heterocycles. The molecule has 0 aliphatic rings. The van der Waals surface area contributed by atoms with E-state index in [1.54, 1.807) is 42.5 Å². The molecule has 0 aromatic heterocycles. The minimum atomic E-state index is -0.620. The van der Waals surface area contributed by atoms with Crippen LogP contribution in [0.4, 0.5) is 10.5 Å². The molecule has 9 heteroatoms. The minimum absolute atomic E-state index is 0.228. The summed E-state index contributed by atoms with van der Waals surface area (Å²) in [6, 6.07) is 10.8. The Morgan fingerprint density at radius 2 is 1.65 bits per heavy atom. The van der Waals surface area contributed by atoms with E-state index in [-0.39, 0.29) is 13.1 Å². The van der Waals surface area contributed by atoms with Crippen molar-refractivity contribution < 1.29 is 14.4 Å². The number of anilines is 1. The Morgan fingerprint density at radius 1 is 0.962 bits per heavy atom. The number of amides is 4. The molecule has 4 amide bonds. The zero-order valence-electron chi connectivity index (χ0n) is 13.5. The molecule has 136 valence electrons. The Kier molecular flexibility index (Phi) is 6.82. The highest BCUT2D eigenvalue weighted by Gasteiger charge is 2.08. The fraction of sp³-hybridized carbons (Fsp3) is 0.118. The zero-order chi connectivity index (χ0) is 19.1. The highest BCUT2D eigenvalue weighted by atomic mass is 35.5. The second kappa shape index (κ2) is 9.07. The molecule has 0 unspecified atom stereocenters. The number of rotatable bonds is 6. The number of halogens is 2. The SMILES string of the molecule is NC(=O)CNC(=O)c1ccc(CNC(=O)Nc2cc(Cl)ccc2Cl)cc1. The molecular formula is C17H16Cl2N4O3. The summed E-state index contributed by atoms with van der Waals surface area (Å²) in [6.07, 6.45) is 0. The molecule has 2 rings (SSSR count). The van der Waals surface area contributed by atoms with Crippen molar-refractivity contribution in [1.29, 1.82) is 0 Å². The first-order valence-corrected chi connectivity index (χ1v) is 8.26. The van der Waals surface area contributed by atoms with Crippen LogP contribution in [0, 0.1) is 0 Å². The van der Waals surface area contributed by atoms with Crippen LogP contribution in [0.15, 0.2) is 42.5 Å². The molecule has 0 aliphatic heterocycles. The second-order valence-corrected chi connectivity index (χ2v) is 6.12. The summed E-state index contributed by atoms with van der Waals surface area (Å²) in [7, 11) is 0. The number of benzene rings is 2. The van der Waals surface area contributed by atoms with E-state index in [0.29, 0.717) is 21.3 Å². The average molecular weight is 395 g/mol. The Bertz CT molecular complexity index is 825. The van der Waals surface area contributed by atoms with Crippen molar-refractivity contribution in [1.82, 2.24) is 10.6 Å². The Hall–Kier alpha value is -2.77. The van der Waals surface area contributed by atoms with Gasteiger partial charge in [0.15, 0.2) is 0 Å². The monoisotopic (exact) mass is 394 g/mol. The number of hydrogen-bond acceptors (Lipinski definition) is 3. The van der Waals surface area contributed by atoms with Crippen LogP contribution in [-0.4, -0.2) is 24.4 Å². The van der Waals surface area contributed by atoms with Crippen LogP contribution in [0.1, 0.15) is 15.9 Å². The summed E-state index contributed by atoms with van der Waals surface area (Å²) < 4.78 is 0. The summed E-state index contributed by atoms with van der Waals surface area (Å²) in [5.41, 5.74) is 6.53. The summed E-state index contributed by atoms with van der Waals surface area (Å²) in [5.74, 6) is -1.03. The number of hydrogen-bond donors (Lipinski definition) is 4. The van der Waals surface area contributed by atoms with Crippen molar-refractivity contribution in [2.45, 2.75) is 6.54 Å². The summed E-state index contributed by atoms with van der Waals surface area (Å²) >= 11 is 11.8. The lowest BCUT2D eigenvalue weighted by atomic mass is 10.1. The molecule has 2 aromatic rings. The molecule has 2 aromatic carbocycles. The van der Waals surface area contributed by atoms with E-state index >= 15 is 0 Å². The van der Waals surface area contributed by atoms with E-state index < -0.39 is 17.8 Å². The van der Waals surface area contributed by atoms with Gasteiger partial charge in [-0.15, -0.1) is 0 Å². The number of nitrogens with one attached hydrogen (secondary N) is 3. The second-order valence-electron chi connectivity index (χ2n) is 5.28. The molecule has 0 saturated carbocycles. The lowest BCUT2D eigenvalue weighted by Gasteiger charge is -2.10. The third-order valence-electron chi connectivity index (χ3n) is 3.27. The van der Waals surface area contributed by atoms with Crippen LogP contribution in [0.3, 0.4) is 0 Å². The van der Waals surface area contributed by atoms with E-state index in [2.05, 4.69) is 16.0 Å². The number of urea groups is 1. The van der Waals surface area contributed by atoms with Gasteiger partial charge in [0.25, 0.3) is 5.91 Å². The topological polar surface area (TPSA) is 113 Å². The van der Waals surface area contributed by atoms with Gasteiger partial charge in [-0.05, 0) is 35.9 Å². The Labute approximate surface area is 159 Å². The highest BCUT2D eigenvalue weighted by molar-refractivity contribution is 6.35. The van der Waals surface area contributed by atoms with Crippen molar-refractivity contribution in [3.05, 3.63) is 63.6 Å². The molecule has 7 nitrogen and oxygen atoms in total. The standard InChI is InChI=1S/C17H16Cl2N4O3/c18-12-5-6-13(19)14(7-12)23-17(26)22-8-10-1-3-11(4-2-10)16(25)21-9-15(20)24/h1-7H,8-9H2,(H2,20,24)(H,21,25)(H2,22,23,26). The highest BCUT2D eigenvalue weighted by Crippen LogP contribution is 2.25. The summed E-state index contributed by atoms with van der Waals surface area (Å²) in [4.78, 5) is 34.4. The number of carbonyl (C=O) groups is 3. The third kappa shape index (κ3) is 5.94. The zero-order valence-corrected chi connectivity index (χ0v) is 15.0. The molecule has 0 saturated heterocycles. The van der Waals surface area contributed by atoms with E-state index in [1.165, 1.54) is 0 Å². The van der Waals surface area contributed by atoms with Gasteiger partial charge in [0.1, 0.15) is 0 Å². The van der Waals surface area contributed by atoms with Crippen LogP contribution in [0.2, 0.25) is 10.0 Å². The van der Waals surface area contributed by atoms with Crippen LogP contribution < -0.4 is 21.7 Å².